The molecule has 1 aliphatic carbocycles. The Hall–Kier alpha value is -2.54. The number of aromatic nitrogens is 2. The summed E-state index contributed by atoms with van der Waals surface area (Å²) in [6, 6.07) is 4.43. The van der Waals surface area contributed by atoms with E-state index in [9.17, 15) is 14.0 Å². The molecule has 0 unspecified atom stereocenters. The number of nitrogens with zero attached hydrogens (tertiary/aromatic N) is 1. The first-order valence-electron chi connectivity index (χ1n) is 7.68. The van der Waals surface area contributed by atoms with Gasteiger partial charge in [-0.2, -0.15) is 0 Å². The standard InChI is InChI=1S/C17H14FN3O2S/c18-10-4-5-12-11(7-10)9(8-19-12)6-15(23)21-17-20-13-2-1-3-14(22)16(13)24-17/h4-5,7-8,19H,1-3,6H2,(H,20,21,23). The molecule has 0 fully saturated rings. The van der Waals surface area contributed by atoms with Crippen molar-refractivity contribution < 1.29 is 14.0 Å². The summed E-state index contributed by atoms with van der Waals surface area (Å²) in [5.74, 6) is -0.477. The second-order valence-corrected chi connectivity index (χ2v) is 6.80. The third kappa shape index (κ3) is 2.71. The van der Waals surface area contributed by atoms with Crippen molar-refractivity contribution >= 4 is 39.1 Å². The number of nitrogens with one attached hydrogen (secondary N) is 2. The van der Waals surface area contributed by atoms with Gasteiger partial charge in [0.15, 0.2) is 10.9 Å². The number of rotatable bonds is 3. The summed E-state index contributed by atoms with van der Waals surface area (Å²) >= 11 is 1.23. The van der Waals surface area contributed by atoms with Gasteiger partial charge in [-0.15, -0.1) is 0 Å². The first kappa shape index (κ1) is 15.0. The van der Waals surface area contributed by atoms with Crippen LogP contribution in [0.3, 0.4) is 0 Å². The van der Waals surface area contributed by atoms with E-state index >= 15 is 0 Å². The number of amides is 1. The minimum absolute atomic E-state index is 0.0985. The molecule has 122 valence electrons. The number of carbonyl (C=O) groups excluding carboxylic acids is 2. The van der Waals surface area contributed by atoms with Crippen LogP contribution < -0.4 is 5.32 Å². The fourth-order valence-corrected chi connectivity index (χ4v) is 3.95. The molecule has 0 saturated heterocycles. The van der Waals surface area contributed by atoms with Crippen LogP contribution in [0.4, 0.5) is 9.52 Å². The zero-order valence-electron chi connectivity index (χ0n) is 12.7. The largest absolute Gasteiger partial charge is 0.361 e. The van der Waals surface area contributed by atoms with E-state index in [1.807, 2.05) is 0 Å². The van der Waals surface area contributed by atoms with Crippen LogP contribution in [0.15, 0.2) is 24.4 Å². The van der Waals surface area contributed by atoms with E-state index in [2.05, 4.69) is 15.3 Å². The van der Waals surface area contributed by atoms with Crippen molar-refractivity contribution in [3.63, 3.8) is 0 Å². The summed E-state index contributed by atoms with van der Waals surface area (Å²) < 4.78 is 13.4. The average molecular weight is 343 g/mol. The third-order valence-corrected chi connectivity index (χ3v) is 5.15. The molecule has 2 aromatic heterocycles. The first-order chi connectivity index (χ1) is 11.6. The fraction of sp³-hybridized carbons (Fsp3) is 0.235. The predicted octanol–water partition coefficient (Wildman–Crippen LogP) is 3.46. The van der Waals surface area contributed by atoms with Gasteiger partial charge >= 0.3 is 0 Å². The van der Waals surface area contributed by atoms with Gasteiger partial charge in [0.25, 0.3) is 0 Å². The van der Waals surface area contributed by atoms with Crippen molar-refractivity contribution in [2.45, 2.75) is 25.7 Å². The summed E-state index contributed by atoms with van der Waals surface area (Å²) in [7, 11) is 0. The Morgan fingerprint density at radius 2 is 2.25 bits per heavy atom. The van der Waals surface area contributed by atoms with E-state index in [1.54, 1.807) is 12.3 Å². The van der Waals surface area contributed by atoms with E-state index in [1.165, 1.54) is 23.5 Å². The molecule has 0 atom stereocenters. The van der Waals surface area contributed by atoms with E-state index in [4.69, 9.17) is 0 Å². The molecule has 0 spiro atoms. The molecule has 0 bridgehead atoms. The Balaban J connectivity index is 1.52. The van der Waals surface area contributed by atoms with Crippen LogP contribution in [-0.4, -0.2) is 21.7 Å². The van der Waals surface area contributed by atoms with Crippen LogP contribution >= 0.6 is 11.3 Å². The Kier molecular flexibility index (Phi) is 3.65. The highest BCUT2D eigenvalue weighted by molar-refractivity contribution is 7.17. The fourth-order valence-electron chi connectivity index (χ4n) is 2.96. The molecule has 24 heavy (non-hydrogen) atoms. The van der Waals surface area contributed by atoms with Gasteiger partial charge in [0.1, 0.15) is 5.82 Å². The maximum atomic E-state index is 13.4. The van der Waals surface area contributed by atoms with Gasteiger partial charge in [-0.1, -0.05) is 11.3 Å². The molecular formula is C17H14FN3O2S. The number of ketones is 1. The third-order valence-electron chi connectivity index (χ3n) is 4.09. The zero-order valence-corrected chi connectivity index (χ0v) is 13.5. The summed E-state index contributed by atoms with van der Waals surface area (Å²) in [4.78, 5) is 32.1. The Labute approximate surface area is 140 Å². The molecule has 5 nitrogen and oxygen atoms in total. The molecule has 1 amide bonds. The number of Topliss-reactive ketones (excluding diaryl/α,β-unsaturated/α-hetero) is 1. The maximum absolute atomic E-state index is 13.4. The number of aromatic amines is 1. The number of carbonyl (C=O) groups is 2. The monoisotopic (exact) mass is 343 g/mol. The van der Waals surface area contributed by atoms with Crippen molar-refractivity contribution in [1.82, 2.24) is 9.97 Å². The molecule has 3 aromatic rings. The predicted molar refractivity (Wildman–Crippen MR) is 90.0 cm³/mol. The van der Waals surface area contributed by atoms with Gasteiger partial charge in [-0.3, -0.25) is 9.59 Å². The number of aryl methyl sites for hydroxylation is 1. The van der Waals surface area contributed by atoms with Crippen LogP contribution in [-0.2, 0) is 17.6 Å². The lowest BCUT2D eigenvalue weighted by Crippen LogP contribution is -2.14. The van der Waals surface area contributed by atoms with Gasteiger partial charge in [0.2, 0.25) is 5.91 Å². The Morgan fingerprint density at radius 3 is 3.08 bits per heavy atom. The highest BCUT2D eigenvalue weighted by Crippen LogP contribution is 2.29. The Bertz CT molecular complexity index is 960. The van der Waals surface area contributed by atoms with Crippen LogP contribution in [0.5, 0.6) is 0 Å². The van der Waals surface area contributed by atoms with Crippen molar-refractivity contribution in [1.29, 1.82) is 0 Å². The number of anilines is 1. The Morgan fingerprint density at radius 1 is 1.38 bits per heavy atom. The summed E-state index contributed by atoms with van der Waals surface area (Å²) in [5, 5.41) is 3.89. The number of hydrogen-bond donors (Lipinski definition) is 2. The number of H-pyrrole nitrogens is 1. The van der Waals surface area contributed by atoms with Crippen LogP contribution in [0.1, 0.15) is 33.8 Å². The molecule has 4 rings (SSSR count). The molecule has 2 heterocycles. The van der Waals surface area contributed by atoms with Gasteiger partial charge < -0.3 is 10.3 Å². The lowest BCUT2D eigenvalue weighted by molar-refractivity contribution is -0.115. The highest BCUT2D eigenvalue weighted by atomic mass is 32.1. The molecule has 1 aliphatic rings. The van der Waals surface area contributed by atoms with Crippen molar-refractivity contribution in [2.75, 3.05) is 5.32 Å². The smallest absolute Gasteiger partial charge is 0.230 e. The number of benzene rings is 1. The number of fused-ring (bicyclic) bond motifs is 2. The maximum Gasteiger partial charge on any atom is 0.230 e. The second kappa shape index (κ2) is 5.83. The van der Waals surface area contributed by atoms with Gasteiger partial charge in [-0.05, 0) is 36.6 Å². The van der Waals surface area contributed by atoms with Gasteiger partial charge in [0, 0.05) is 23.5 Å². The van der Waals surface area contributed by atoms with Crippen LogP contribution in [0.25, 0.3) is 10.9 Å². The number of thiazole rings is 1. The molecule has 7 heteroatoms. The molecule has 0 radical (unpaired) electrons. The lowest BCUT2D eigenvalue weighted by atomic mass is 10.0. The van der Waals surface area contributed by atoms with E-state index in [0.29, 0.717) is 21.8 Å². The number of hydrogen-bond acceptors (Lipinski definition) is 4. The van der Waals surface area contributed by atoms with Crippen molar-refractivity contribution in [3.05, 3.63) is 46.3 Å². The normalized spacial score (nSPS) is 14.0. The number of halogens is 1. The summed E-state index contributed by atoms with van der Waals surface area (Å²) in [6.07, 6.45) is 3.95. The molecule has 0 saturated carbocycles. The topological polar surface area (TPSA) is 74.8 Å². The lowest BCUT2D eigenvalue weighted by Gasteiger charge is -2.05. The zero-order chi connectivity index (χ0) is 16.7. The van der Waals surface area contributed by atoms with E-state index in [0.717, 1.165) is 29.6 Å². The minimum Gasteiger partial charge on any atom is -0.361 e. The summed E-state index contributed by atoms with van der Waals surface area (Å²) in [5.41, 5.74) is 2.29. The average Bonchev–Trinajstić information content (AvgIpc) is 3.12. The quantitative estimate of drug-likeness (QED) is 0.765. The van der Waals surface area contributed by atoms with Gasteiger partial charge in [0.05, 0.1) is 17.0 Å². The van der Waals surface area contributed by atoms with Crippen LogP contribution in [0.2, 0.25) is 0 Å². The van der Waals surface area contributed by atoms with Gasteiger partial charge in [-0.25, -0.2) is 9.37 Å². The molecule has 2 N–H and O–H groups in total. The van der Waals surface area contributed by atoms with E-state index in [-0.39, 0.29) is 23.9 Å². The van der Waals surface area contributed by atoms with Crippen molar-refractivity contribution in [3.8, 4) is 0 Å². The summed E-state index contributed by atoms with van der Waals surface area (Å²) in [6.45, 7) is 0. The highest BCUT2D eigenvalue weighted by Gasteiger charge is 2.23. The molecule has 0 aliphatic heterocycles. The molecular weight excluding hydrogens is 329 g/mol. The van der Waals surface area contributed by atoms with Crippen LogP contribution in [0, 0.1) is 5.82 Å². The first-order valence-corrected chi connectivity index (χ1v) is 8.50. The molecule has 1 aromatic carbocycles. The SMILES string of the molecule is O=C(Cc1c[nH]c2ccc(F)cc12)Nc1nc2c(s1)C(=O)CCC2. The van der Waals surface area contributed by atoms with Crippen molar-refractivity contribution in [2.24, 2.45) is 0 Å². The van der Waals surface area contributed by atoms with E-state index < -0.39 is 0 Å². The second-order valence-electron chi connectivity index (χ2n) is 5.80. The minimum atomic E-state index is -0.338.